The first kappa shape index (κ1) is 13.0. The molecular formula is C11H9ClN4O3. The summed E-state index contributed by atoms with van der Waals surface area (Å²) < 4.78 is 5.88. The van der Waals surface area contributed by atoms with Crippen LogP contribution in [0.4, 0.5) is 0 Å². The normalized spacial score (nSPS) is 10.8. The predicted octanol–water partition coefficient (Wildman–Crippen LogP) is 1.52. The molecule has 0 aromatic carbocycles. The van der Waals surface area contributed by atoms with E-state index in [9.17, 15) is 4.79 Å². The van der Waals surface area contributed by atoms with Crippen LogP contribution in [0.5, 0.6) is 0 Å². The fourth-order valence-electron chi connectivity index (χ4n) is 1.47. The van der Waals surface area contributed by atoms with Gasteiger partial charge in [0.15, 0.2) is 11.5 Å². The summed E-state index contributed by atoms with van der Waals surface area (Å²) in [7, 11) is 1.25. The number of oxime groups is 1. The number of nitrogens with zero attached hydrogens (tertiary/aromatic N) is 4. The van der Waals surface area contributed by atoms with Gasteiger partial charge in [-0.25, -0.2) is 14.5 Å². The summed E-state index contributed by atoms with van der Waals surface area (Å²) in [6.45, 7) is 0. The molecule has 0 aliphatic heterocycles. The Morgan fingerprint density at radius 2 is 2.42 bits per heavy atom. The number of methoxy groups -OCH3 is 1. The van der Waals surface area contributed by atoms with Crippen LogP contribution in [-0.2, 0) is 4.74 Å². The smallest absolute Gasteiger partial charge is 0.356 e. The van der Waals surface area contributed by atoms with Crippen molar-refractivity contribution >= 4 is 23.8 Å². The predicted molar refractivity (Wildman–Crippen MR) is 67.1 cm³/mol. The number of rotatable bonds is 3. The second kappa shape index (κ2) is 5.49. The third kappa shape index (κ3) is 2.55. The summed E-state index contributed by atoms with van der Waals surface area (Å²) in [5, 5.41) is 15.7. The lowest BCUT2D eigenvalue weighted by Crippen LogP contribution is -2.11. The van der Waals surface area contributed by atoms with Gasteiger partial charge in [0.1, 0.15) is 5.69 Å². The van der Waals surface area contributed by atoms with Gasteiger partial charge in [0.2, 0.25) is 0 Å². The van der Waals surface area contributed by atoms with Crippen LogP contribution in [0.3, 0.4) is 0 Å². The van der Waals surface area contributed by atoms with Gasteiger partial charge in [-0.2, -0.15) is 5.10 Å². The first-order chi connectivity index (χ1) is 9.17. The highest BCUT2D eigenvalue weighted by Gasteiger charge is 2.18. The van der Waals surface area contributed by atoms with E-state index < -0.39 is 5.97 Å². The van der Waals surface area contributed by atoms with E-state index in [0.717, 1.165) is 6.21 Å². The molecule has 0 unspecified atom stereocenters. The van der Waals surface area contributed by atoms with E-state index in [2.05, 4.69) is 20.0 Å². The molecule has 1 N–H and O–H groups in total. The number of carbonyl (C=O) groups excluding carboxylic acids is 1. The standard InChI is InChI=1S/C11H9ClN4O3/c1-19-11(17)9-5-7(6-14-18)15-16(9)10-8(12)3-2-4-13-10/h2-6,18H,1H3/b14-6-. The van der Waals surface area contributed by atoms with E-state index in [1.807, 2.05) is 0 Å². The lowest BCUT2D eigenvalue weighted by Gasteiger charge is -2.05. The summed E-state index contributed by atoms with van der Waals surface area (Å²) in [5.74, 6) is -0.325. The molecule has 0 radical (unpaired) electrons. The van der Waals surface area contributed by atoms with E-state index in [4.69, 9.17) is 16.8 Å². The van der Waals surface area contributed by atoms with Crippen LogP contribution in [0.1, 0.15) is 16.2 Å². The van der Waals surface area contributed by atoms with E-state index in [1.54, 1.807) is 12.1 Å². The molecule has 2 aromatic heterocycles. The van der Waals surface area contributed by atoms with Crippen molar-refractivity contribution in [2.45, 2.75) is 0 Å². The van der Waals surface area contributed by atoms with Gasteiger partial charge in [-0.15, -0.1) is 0 Å². The average molecular weight is 281 g/mol. The van der Waals surface area contributed by atoms with Crippen LogP contribution in [0.25, 0.3) is 5.82 Å². The molecule has 0 bridgehead atoms. The number of esters is 1. The summed E-state index contributed by atoms with van der Waals surface area (Å²) in [4.78, 5) is 15.7. The number of carbonyl (C=O) groups is 1. The molecule has 0 atom stereocenters. The summed E-state index contributed by atoms with van der Waals surface area (Å²) >= 11 is 6.01. The zero-order valence-corrected chi connectivity index (χ0v) is 10.6. The summed E-state index contributed by atoms with van der Waals surface area (Å²) in [5.41, 5.74) is 0.391. The van der Waals surface area contributed by atoms with Crippen molar-refractivity contribution in [2.24, 2.45) is 5.16 Å². The van der Waals surface area contributed by atoms with Crippen molar-refractivity contribution < 1.29 is 14.7 Å². The van der Waals surface area contributed by atoms with Crippen LogP contribution in [0.2, 0.25) is 5.02 Å². The Bertz CT molecular complexity index is 639. The minimum absolute atomic E-state index is 0.123. The summed E-state index contributed by atoms with van der Waals surface area (Å²) in [6, 6.07) is 4.67. The average Bonchev–Trinajstić information content (AvgIpc) is 2.82. The molecule has 0 spiro atoms. The van der Waals surface area contributed by atoms with Crippen LogP contribution in [0.15, 0.2) is 29.6 Å². The monoisotopic (exact) mass is 280 g/mol. The van der Waals surface area contributed by atoms with Crippen molar-refractivity contribution in [3.8, 4) is 5.82 Å². The molecule has 98 valence electrons. The second-order valence-electron chi connectivity index (χ2n) is 3.41. The highest BCUT2D eigenvalue weighted by atomic mass is 35.5. The number of hydrogen-bond acceptors (Lipinski definition) is 6. The molecule has 2 rings (SSSR count). The molecule has 7 nitrogen and oxygen atoms in total. The Morgan fingerprint density at radius 1 is 1.63 bits per heavy atom. The number of aromatic nitrogens is 3. The number of ether oxygens (including phenoxy) is 1. The minimum atomic E-state index is -0.605. The van der Waals surface area contributed by atoms with Crippen molar-refractivity contribution in [3.05, 3.63) is 40.8 Å². The Labute approximate surface area is 113 Å². The third-order valence-corrected chi connectivity index (χ3v) is 2.55. The highest BCUT2D eigenvalue weighted by molar-refractivity contribution is 6.32. The third-order valence-electron chi connectivity index (χ3n) is 2.25. The molecule has 0 saturated carbocycles. The zero-order valence-electron chi connectivity index (χ0n) is 9.82. The number of hydrogen-bond donors (Lipinski definition) is 1. The lowest BCUT2D eigenvalue weighted by atomic mass is 10.3. The van der Waals surface area contributed by atoms with Crippen LogP contribution in [0, 0.1) is 0 Å². The molecule has 8 heteroatoms. The van der Waals surface area contributed by atoms with Crippen LogP contribution >= 0.6 is 11.6 Å². The van der Waals surface area contributed by atoms with E-state index in [0.29, 0.717) is 5.02 Å². The molecule has 0 amide bonds. The van der Waals surface area contributed by atoms with Gasteiger partial charge < -0.3 is 9.94 Å². The SMILES string of the molecule is COC(=O)c1cc(/C=N\O)nn1-c1ncccc1Cl. The van der Waals surface area contributed by atoms with Crippen molar-refractivity contribution in [3.63, 3.8) is 0 Å². The Hall–Kier alpha value is -2.41. The van der Waals surface area contributed by atoms with Crippen LogP contribution < -0.4 is 0 Å². The van der Waals surface area contributed by atoms with Gasteiger partial charge in [-0.3, -0.25) is 0 Å². The first-order valence-corrected chi connectivity index (χ1v) is 5.52. The van der Waals surface area contributed by atoms with E-state index in [-0.39, 0.29) is 17.2 Å². The first-order valence-electron chi connectivity index (χ1n) is 5.14. The number of halogens is 1. The van der Waals surface area contributed by atoms with Gasteiger partial charge in [-0.05, 0) is 12.1 Å². The van der Waals surface area contributed by atoms with Gasteiger partial charge in [0.05, 0.1) is 18.3 Å². The van der Waals surface area contributed by atoms with Gasteiger partial charge in [0, 0.05) is 12.3 Å². The molecule has 19 heavy (non-hydrogen) atoms. The van der Waals surface area contributed by atoms with E-state index >= 15 is 0 Å². The minimum Gasteiger partial charge on any atom is -0.464 e. The lowest BCUT2D eigenvalue weighted by molar-refractivity contribution is 0.0590. The molecule has 0 saturated heterocycles. The van der Waals surface area contributed by atoms with Crippen molar-refractivity contribution in [1.82, 2.24) is 14.8 Å². The fourth-order valence-corrected chi connectivity index (χ4v) is 1.67. The Balaban J connectivity index is 2.61. The Morgan fingerprint density at radius 3 is 3.05 bits per heavy atom. The molecule has 0 fully saturated rings. The second-order valence-corrected chi connectivity index (χ2v) is 3.82. The number of pyridine rings is 1. The van der Waals surface area contributed by atoms with Gasteiger partial charge >= 0.3 is 5.97 Å². The maximum Gasteiger partial charge on any atom is 0.356 e. The highest BCUT2D eigenvalue weighted by Crippen LogP contribution is 2.19. The topological polar surface area (TPSA) is 89.6 Å². The summed E-state index contributed by atoms with van der Waals surface area (Å²) in [6.07, 6.45) is 2.60. The maximum atomic E-state index is 11.7. The fraction of sp³-hybridized carbons (Fsp3) is 0.0909. The maximum absolute atomic E-state index is 11.7. The quantitative estimate of drug-likeness (QED) is 0.398. The molecule has 0 aliphatic rings. The molecular weight excluding hydrogens is 272 g/mol. The van der Waals surface area contributed by atoms with Gasteiger partial charge in [0.25, 0.3) is 0 Å². The largest absolute Gasteiger partial charge is 0.464 e. The molecule has 2 heterocycles. The van der Waals surface area contributed by atoms with Crippen molar-refractivity contribution in [1.29, 1.82) is 0 Å². The van der Waals surface area contributed by atoms with Crippen LogP contribution in [-0.4, -0.2) is 39.3 Å². The van der Waals surface area contributed by atoms with E-state index in [1.165, 1.54) is 24.1 Å². The Kier molecular flexibility index (Phi) is 3.76. The molecule has 2 aromatic rings. The van der Waals surface area contributed by atoms with Crippen molar-refractivity contribution in [2.75, 3.05) is 7.11 Å². The van der Waals surface area contributed by atoms with Gasteiger partial charge in [-0.1, -0.05) is 16.8 Å². The molecule has 0 aliphatic carbocycles. The zero-order chi connectivity index (χ0) is 13.8.